The normalized spacial score (nSPS) is 13.0. The molecule has 0 aliphatic rings. The van der Waals surface area contributed by atoms with Crippen molar-refractivity contribution in [3.63, 3.8) is 0 Å². The highest BCUT2D eigenvalue weighted by atomic mass is 32.2. The van der Waals surface area contributed by atoms with E-state index >= 15 is 0 Å². The van der Waals surface area contributed by atoms with Crippen LogP contribution in [0.15, 0.2) is 53.7 Å². The number of nitrogen functional groups attached to an aromatic ring is 1. The molecule has 1 heterocycles. The Hall–Kier alpha value is -3.00. The summed E-state index contributed by atoms with van der Waals surface area (Å²) < 4.78 is 7.19. The lowest BCUT2D eigenvalue weighted by Gasteiger charge is -2.17. The Morgan fingerprint density at radius 1 is 1.09 bits per heavy atom. The number of anilines is 1. The first-order chi connectivity index (χ1) is 15.8. The van der Waals surface area contributed by atoms with Crippen molar-refractivity contribution in [2.24, 2.45) is 0 Å². The van der Waals surface area contributed by atoms with Crippen LogP contribution in [0.25, 0.3) is 0 Å². The van der Waals surface area contributed by atoms with Crippen molar-refractivity contribution in [2.45, 2.75) is 69.9 Å². The second-order valence-corrected chi connectivity index (χ2v) is 9.74. The number of amides is 1. The van der Waals surface area contributed by atoms with Crippen molar-refractivity contribution in [3.8, 4) is 5.75 Å². The molecule has 2 atom stereocenters. The highest BCUT2D eigenvalue weighted by Gasteiger charge is 2.21. The zero-order valence-corrected chi connectivity index (χ0v) is 20.7. The SMILES string of the molecule is CCC(C)c1ccccc1NC(=O)C(C)Sc1nnc(COc2ccc(C(C)C)cc2)n1N. The molecule has 33 heavy (non-hydrogen) atoms. The minimum Gasteiger partial charge on any atom is -0.486 e. The quantitative estimate of drug-likeness (QED) is 0.309. The molecule has 1 amide bonds. The molecule has 8 heteroatoms. The maximum absolute atomic E-state index is 12.8. The minimum atomic E-state index is -0.404. The van der Waals surface area contributed by atoms with Crippen LogP contribution in [-0.4, -0.2) is 26.0 Å². The van der Waals surface area contributed by atoms with Gasteiger partial charge < -0.3 is 15.9 Å². The van der Waals surface area contributed by atoms with Crippen molar-refractivity contribution >= 4 is 23.4 Å². The Morgan fingerprint density at radius 3 is 2.45 bits per heavy atom. The number of nitrogens with zero attached hydrogens (tertiary/aromatic N) is 3. The summed E-state index contributed by atoms with van der Waals surface area (Å²) in [6, 6.07) is 15.9. The van der Waals surface area contributed by atoms with Crippen LogP contribution in [-0.2, 0) is 11.4 Å². The summed E-state index contributed by atoms with van der Waals surface area (Å²) in [6.45, 7) is 10.6. The lowest BCUT2D eigenvalue weighted by molar-refractivity contribution is -0.115. The third-order valence-electron chi connectivity index (χ3n) is 5.66. The molecular weight excluding hydrogens is 434 g/mol. The largest absolute Gasteiger partial charge is 0.486 e. The number of para-hydroxylation sites is 1. The Kier molecular flexibility index (Phi) is 8.38. The van der Waals surface area contributed by atoms with Crippen molar-refractivity contribution < 1.29 is 9.53 Å². The van der Waals surface area contributed by atoms with Gasteiger partial charge >= 0.3 is 0 Å². The van der Waals surface area contributed by atoms with Gasteiger partial charge in [-0.05, 0) is 54.5 Å². The summed E-state index contributed by atoms with van der Waals surface area (Å²) in [5, 5.41) is 11.4. The number of hydrogen-bond acceptors (Lipinski definition) is 6. The number of carbonyl (C=O) groups is 1. The van der Waals surface area contributed by atoms with E-state index in [1.54, 1.807) is 0 Å². The summed E-state index contributed by atoms with van der Waals surface area (Å²) in [5.41, 5.74) is 3.23. The fourth-order valence-electron chi connectivity index (χ4n) is 3.29. The van der Waals surface area contributed by atoms with Gasteiger partial charge in [-0.1, -0.05) is 69.8 Å². The van der Waals surface area contributed by atoms with Gasteiger partial charge in [-0.2, -0.15) is 0 Å². The van der Waals surface area contributed by atoms with E-state index in [0.717, 1.165) is 23.4 Å². The standard InChI is InChI=1S/C25H33N5O2S/c1-6-17(4)21-9-7-8-10-22(21)27-24(31)18(5)33-25-29-28-23(30(25)26)15-32-20-13-11-19(12-14-20)16(2)3/h7-14,16-18H,6,15,26H2,1-5H3,(H,27,31). The first-order valence-corrected chi connectivity index (χ1v) is 12.2. The molecule has 3 aromatic rings. The first-order valence-electron chi connectivity index (χ1n) is 11.3. The second-order valence-electron chi connectivity index (χ2n) is 8.43. The van der Waals surface area contributed by atoms with Crippen molar-refractivity contribution in [1.82, 2.24) is 14.9 Å². The lowest BCUT2D eigenvalue weighted by Crippen LogP contribution is -2.24. The van der Waals surface area contributed by atoms with Gasteiger partial charge in [-0.15, -0.1) is 10.2 Å². The van der Waals surface area contributed by atoms with Crippen molar-refractivity contribution in [1.29, 1.82) is 0 Å². The van der Waals surface area contributed by atoms with E-state index in [9.17, 15) is 4.79 Å². The number of rotatable bonds is 10. The van der Waals surface area contributed by atoms with Gasteiger partial charge in [0.05, 0.1) is 5.25 Å². The molecule has 0 radical (unpaired) electrons. The zero-order chi connectivity index (χ0) is 24.0. The maximum atomic E-state index is 12.8. The Bertz CT molecular complexity index is 1060. The Morgan fingerprint density at radius 2 is 1.79 bits per heavy atom. The van der Waals surface area contributed by atoms with Crippen molar-refractivity contribution in [2.75, 3.05) is 11.2 Å². The molecule has 0 spiro atoms. The number of nitrogens with one attached hydrogen (secondary N) is 1. The van der Waals surface area contributed by atoms with Crippen LogP contribution in [0.1, 0.15) is 69.8 Å². The number of ether oxygens (including phenoxy) is 1. The van der Waals surface area contributed by atoms with Crippen LogP contribution in [0.3, 0.4) is 0 Å². The molecule has 1 aromatic heterocycles. The summed E-state index contributed by atoms with van der Waals surface area (Å²) >= 11 is 1.26. The fourth-order valence-corrected chi connectivity index (χ4v) is 4.08. The minimum absolute atomic E-state index is 0.109. The van der Waals surface area contributed by atoms with Crippen LogP contribution in [0.4, 0.5) is 5.69 Å². The van der Waals surface area contributed by atoms with Gasteiger partial charge in [0.2, 0.25) is 11.1 Å². The Labute approximate surface area is 200 Å². The number of thioether (sulfide) groups is 1. The molecule has 0 aliphatic carbocycles. The summed E-state index contributed by atoms with van der Waals surface area (Å²) in [5.74, 6) is 8.12. The molecule has 2 aromatic carbocycles. The van der Waals surface area contributed by atoms with Crippen molar-refractivity contribution in [3.05, 3.63) is 65.5 Å². The molecule has 3 N–H and O–H groups in total. The summed E-state index contributed by atoms with van der Waals surface area (Å²) in [4.78, 5) is 12.8. The summed E-state index contributed by atoms with van der Waals surface area (Å²) in [6.07, 6.45) is 1.00. The monoisotopic (exact) mass is 467 g/mol. The van der Waals surface area contributed by atoms with Gasteiger partial charge in [0, 0.05) is 5.69 Å². The van der Waals surface area contributed by atoms with Gasteiger partial charge in [0.25, 0.3) is 0 Å². The van der Waals surface area contributed by atoms with Gasteiger partial charge in [0.1, 0.15) is 12.4 Å². The molecule has 0 bridgehead atoms. The van der Waals surface area contributed by atoms with E-state index in [0.29, 0.717) is 22.8 Å². The molecule has 176 valence electrons. The summed E-state index contributed by atoms with van der Waals surface area (Å²) in [7, 11) is 0. The maximum Gasteiger partial charge on any atom is 0.237 e. The van der Waals surface area contributed by atoms with Crippen LogP contribution in [0.2, 0.25) is 0 Å². The number of carbonyl (C=O) groups excluding carboxylic acids is 1. The molecule has 0 saturated heterocycles. The smallest absolute Gasteiger partial charge is 0.237 e. The number of benzene rings is 2. The molecular formula is C25H33N5O2S. The number of aromatic nitrogens is 3. The molecule has 0 aliphatic heterocycles. The Balaban J connectivity index is 1.59. The predicted molar refractivity (Wildman–Crippen MR) is 134 cm³/mol. The van der Waals surface area contributed by atoms with E-state index in [1.807, 2.05) is 49.4 Å². The fraction of sp³-hybridized carbons (Fsp3) is 0.400. The average molecular weight is 468 g/mol. The van der Waals surface area contributed by atoms with Crippen LogP contribution in [0.5, 0.6) is 5.75 Å². The van der Waals surface area contributed by atoms with Gasteiger partial charge in [0.15, 0.2) is 5.82 Å². The predicted octanol–water partition coefficient (Wildman–Crippen LogP) is 5.33. The van der Waals surface area contributed by atoms with Crippen LogP contribution < -0.4 is 15.9 Å². The average Bonchev–Trinajstić information content (AvgIpc) is 3.16. The van der Waals surface area contributed by atoms with E-state index in [1.165, 1.54) is 22.0 Å². The number of hydrogen-bond donors (Lipinski definition) is 2. The van der Waals surface area contributed by atoms with Crippen LogP contribution >= 0.6 is 11.8 Å². The number of nitrogens with two attached hydrogens (primary N) is 1. The van der Waals surface area contributed by atoms with Gasteiger partial charge in [-0.25, -0.2) is 4.68 Å². The van der Waals surface area contributed by atoms with Gasteiger partial charge in [-0.3, -0.25) is 4.79 Å². The first kappa shape index (κ1) is 24.6. The molecule has 2 unspecified atom stereocenters. The van der Waals surface area contributed by atoms with E-state index in [2.05, 4.69) is 49.3 Å². The molecule has 0 fully saturated rings. The van der Waals surface area contributed by atoms with Crippen LogP contribution in [0, 0.1) is 0 Å². The second kappa shape index (κ2) is 11.2. The lowest BCUT2D eigenvalue weighted by atomic mass is 9.97. The van der Waals surface area contributed by atoms with E-state index < -0.39 is 5.25 Å². The molecule has 0 saturated carbocycles. The zero-order valence-electron chi connectivity index (χ0n) is 19.9. The highest BCUT2D eigenvalue weighted by molar-refractivity contribution is 8.00. The third-order valence-corrected chi connectivity index (χ3v) is 6.72. The topological polar surface area (TPSA) is 95.1 Å². The highest BCUT2D eigenvalue weighted by Crippen LogP contribution is 2.28. The molecule has 3 rings (SSSR count). The van der Waals surface area contributed by atoms with E-state index in [4.69, 9.17) is 10.6 Å². The molecule has 7 nitrogen and oxygen atoms in total. The third kappa shape index (κ3) is 6.28. The van der Waals surface area contributed by atoms with E-state index in [-0.39, 0.29) is 12.5 Å².